The number of hydrogen-bond donors (Lipinski definition) is 2. The molecule has 0 radical (unpaired) electrons. The van der Waals surface area contributed by atoms with E-state index in [1.54, 1.807) is 0 Å². The number of rotatable bonds is 6. The first-order chi connectivity index (χ1) is 14.3. The quantitative estimate of drug-likeness (QED) is 0.695. The van der Waals surface area contributed by atoms with Gasteiger partial charge in [0, 0.05) is 12.6 Å². The van der Waals surface area contributed by atoms with Gasteiger partial charge in [-0.15, -0.1) is 0 Å². The Hall–Kier alpha value is -2.75. The van der Waals surface area contributed by atoms with Gasteiger partial charge in [0.1, 0.15) is 29.2 Å². The molecule has 30 heavy (non-hydrogen) atoms. The molecule has 0 unspecified atom stereocenters. The van der Waals surface area contributed by atoms with Crippen LogP contribution in [0.25, 0.3) is 0 Å². The summed E-state index contributed by atoms with van der Waals surface area (Å²) in [6, 6.07) is 4.36. The van der Waals surface area contributed by atoms with E-state index < -0.39 is 12.1 Å². The molecule has 7 nitrogen and oxygen atoms in total. The van der Waals surface area contributed by atoms with E-state index in [1.165, 1.54) is 25.7 Å². The number of fused-ring (bicyclic) bond motifs is 2. The van der Waals surface area contributed by atoms with Crippen molar-refractivity contribution in [2.75, 3.05) is 13.7 Å². The lowest BCUT2D eigenvalue weighted by molar-refractivity contribution is -0.131. The minimum Gasteiger partial charge on any atom is -0.507 e. The fraction of sp³-hybridized carbons (Fsp3) is 0.609. The van der Waals surface area contributed by atoms with Crippen LogP contribution in [0.4, 0.5) is 0 Å². The number of nitriles is 1. The Kier molecular flexibility index (Phi) is 5.35. The van der Waals surface area contributed by atoms with Gasteiger partial charge in [-0.05, 0) is 55.4 Å². The second-order valence-corrected chi connectivity index (χ2v) is 9.29. The maximum atomic E-state index is 13.0. The first-order valence-corrected chi connectivity index (χ1v) is 10.6. The average molecular weight is 412 g/mol. The number of carbonyl (C=O) groups excluding carboxylic acids is 2. The number of nitrogens with one attached hydrogen (secondary N) is 1. The Morgan fingerprint density at radius 3 is 2.67 bits per heavy atom. The smallest absolute Gasteiger partial charge is 0.342 e. The van der Waals surface area contributed by atoms with E-state index in [4.69, 9.17) is 14.7 Å². The van der Waals surface area contributed by atoms with Gasteiger partial charge in [0.2, 0.25) is 5.91 Å². The molecule has 2 bridgehead atoms. The monoisotopic (exact) mass is 412 g/mol. The zero-order valence-electron chi connectivity index (χ0n) is 17.4. The van der Waals surface area contributed by atoms with Crippen LogP contribution in [0.15, 0.2) is 12.1 Å². The number of amides is 1. The lowest BCUT2D eigenvalue weighted by Gasteiger charge is -2.39. The van der Waals surface area contributed by atoms with Crippen LogP contribution in [0.5, 0.6) is 11.5 Å². The number of ether oxygens (including phenoxy) is 2. The Morgan fingerprint density at radius 2 is 2.03 bits per heavy atom. The largest absolute Gasteiger partial charge is 0.507 e. The predicted octanol–water partition coefficient (Wildman–Crippen LogP) is 3.15. The number of phenolic OH excluding ortho intramolecular Hbond substituents is 1. The highest BCUT2D eigenvalue weighted by Crippen LogP contribution is 2.50. The topological polar surface area (TPSA) is 109 Å². The van der Waals surface area contributed by atoms with Crippen LogP contribution in [0.3, 0.4) is 0 Å². The molecular formula is C23H28N2O5. The Balaban J connectivity index is 1.50. The van der Waals surface area contributed by atoms with Gasteiger partial charge in [-0.25, -0.2) is 4.79 Å². The maximum absolute atomic E-state index is 13.0. The highest BCUT2D eigenvalue weighted by atomic mass is 16.5. The molecule has 7 heteroatoms. The van der Waals surface area contributed by atoms with Crippen LogP contribution in [-0.2, 0) is 9.53 Å². The summed E-state index contributed by atoms with van der Waals surface area (Å²) in [5, 5.41) is 22.2. The lowest BCUT2D eigenvalue weighted by Crippen LogP contribution is -2.47. The molecule has 0 saturated heterocycles. The van der Waals surface area contributed by atoms with Crippen LogP contribution in [0.2, 0.25) is 0 Å². The number of methoxy groups -OCH3 is 1. The summed E-state index contributed by atoms with van der Waals surface area (Å²) in [5.41, 5.74) is 0.260. The molecule has 0 aromatic heterocycles. The molecule has 1 amide bonds. The predicted molar refractivity (Wildman–Crippen MR) is 108 cm³/mol. The van der Waals surface area contributed by atoms with Crippen LogP contribution in [0, 0.1) is 34.5 Å². The van der Waals surface area contributed by atoms with Gasteiger partial charge in [0.25, 0.3) is 0 Å². The van der Waals surface area contributed by atoms with Crippen LogP contribution in [-0.4, -0.2) is 36.7 Å². The second kappa shape index (κ2) is 7.82. The highest BCUT2D eigenvalue weighted by Gasteiger charge is 2.53. The number of phenols is 1. The summed E-state index contributed by atoms with van der Waals surface area (Å²) in [4.78, 5) is 25.9. The molecule has 2 N–H and O–H groups in total. The van der Waals surface area contributed by atoms with Crippen LogP contribution < -0.4 is 10.1 Å². The fourth-order valence-electron chi connectivity index (χ4n) is 5.32. The molecule has 3 aliphatic carbocycles. The molecule has 4 rings (SSSR count). The average Bonchev–Trinajstić information content (AvgIpc) is 3.32. The van der Waals surface area contributed by atoms with Crippen molar-refractivity contribution in [3.63, 3.8) is 0 Å². The standard InChI is InChI=1S/C23H28N2O5/c1-23(6-3-7-23)12-25-21(27)19-13-4-5-14(8-13)20(19)30-22(28)16-10-17(26)15(11-24)9-18(16)29-2/h9-10,13-14,19-20,26H,3-8,12H2,1-2H3,(H,25,27)/t13-,14+,19+,20-/m1/s1. The third kappa shape index (κ3) is 3.60. The maximum Gasteiger partial charge on any atom is 0.342 e. The van der Waals surface area contributed by atoms with Crippen molar-refractivity contribution in [2.45, 2.75) is 51.6 Å². The molecule has 1 aromatic carbocycles. The molecule has 160 valence electrons. The van der Waals surface area contributed by atoms with Gasteiger partial charge in [0.05, 0.1) is 18.6 Å². The van der Waals surface area contributed by atoms with Crippen LogP contribution in [0.1, 0.15) is 61.4 Å². The number of carbonyl (C=O) groups is 2. The molecule has 0 aliphatic heterocycles. The number of benzene rings is 1. The van der Waals surface area contributed by atoms with Gasteiger partial charge in [-0.1, -0.05) is 13.3 Å². The van der Waals surface area contributed by atoms with Crippen molar-refractivity contribution in [2.24, 2.45) is 23.2 Å². The molecule has 3 saturated carbocycles. The van der Waals surface area contributed by atoms with Gasteiger partial charge < -0.3 is 19.9 Å². The van der Waals surface area contributed by atoms with Gasteiger partial charge in [-0.2, -0.15) is 5.26 Å². The Labute approximate surface area is 176 Å². The minimum absolute atomic E-state index is 0.0186. The second-order valence-electron chi connectivity index (χ2n) is 9.29. The number of nitrogens with zero attached hydrogens (tertiary/aromatic N) is 1. The molecular weight excluding hydrogens is 384 g/mol. The summed E-state index contributed by atoms with van der Waals surface area (Å²) in [6.07, 6.45) is 5.81. The number of esters is 1. The number of hydrogen-bond acceptors (Lipinski definition) is 6. The van der Waals surface area contributed by atoms with Gasteiger partial charge in [0.15, 0.2) is 0 Å². The number of aromatic hydroxyl groups is 1. The first kappa shape index (κ1) is 20.5. The van der Waals surface area contributed by atoms with Crippen molar-refractivity contribution < 1.29 is 24.2 Å². The van der Waals surface area contributed by atoms with E-state index in [1.807, 2.05) is 6.07 Å². The molecule has 0 spiro atoms. The van der Waals surface area contributed by atoms with E-state index in [0.29, 0.717) is 6.54 Å². The van der Waals surface area contributed by atoms with Gasteiger partial charge in [-0.3, -0.25) is 4.79 Å². The minimum atomic E-state index is -0.645. The fourth-order valence-corrected chi connectivity index (χ4v) is 5.32. The van der Waals surface area contributed by atoms with Crippen LogP contribution >= 0.6 is 0 Å². The van der Waals surface area contributed by atoms with Crippen molar-refractivity contribution >= 4 is 11.9 Å². The summed E-state index contributed by atoms with van der Waals surface area (Å²) >= 11 is 0. The first-order valence-electron chi connectivity index (χ1n) is 10.6. The summed E-state index contributed by atoms with van der Waals surface area (Å²) < 4.78 is 11.1. The van der Waals surface area contributed by atoms with E-state index in [2.05, 4.69) is 12.2 Å². The van der Waals surface area contributed by atoms with Gasteiger partial charge >= 0.3 is 5.97 Å². The SMILES string of the molecule is COc1cc(C#N)c(O)cc1C(=O)O[C@@H]1[C@H]2CC[C@H](C2)[C@@H]1C(=O)NCC1(C)CCC1. The summed E-state index contributed by atoms with van der Waals surface area (Å²) in [6.45, 7) is 2.86. The zero-order valence-corrected chi connectivity index (χ0v) is 17.4. The lowest BCUT2D eigenvalue weighted by atomic mass is 9.70. The van der Waals surface area contributed by atoms with E-state index >= 15 is 0 Å². The van der Waals surface area contributed by atoms with E-state index in [-0.39, 0.29) is 51.7 Å². The Morgan fingerprint density at radius 1 is 1.30 bits per heavy atom. The van der Waals surface area contributed by atoms with Crippen molar-refractivity contribution in [3.8, 4) is 17.6 Å². The molecule has 1 aromatic rings. The third-order valence-corrected chi connectivity index (χ3v) is 7.29. The Bertz CT molecular complexity index is 902. The summed E-state index contributed by atoms with van der Waals surface area (Å²) in [7, 11) is 1.39. The highest BCUT2D eigenvalue weighted by molar-refractivity contribution is 5.94. The third-order valence-electron chi connectivity index (χ3n) is 7.29. The normalized spacial score (nSPS) is 28.3. The molecule has 0 heterocycles. The van der Waals surface area contributed by atoms with Crippen molar-refractivity contribution in [1.29, 1.82) is 5.26 Å². The van der Waals surface area contributed by atoms with Crippen molar-refractivity contribution in [3.05, 3.63) is 23.3 Å². The summed E-state index contributed by atoms with van der Waals surface area (Å²) in [5.74, 6) is -0.743. The molecule has 4 atom stereocenters. The van der Waals surface area contributed by atoms with E-state index in [0.717, 1.165) is 32.1 Å². The molecule has 3 fully saturated rings. The van der Waals surface area contributed by atoms with E-state index in [9.17, 15) is 14.7 Å². The van der Waals surface area contributed by atoms with Crippen molar-refractivity contribution in [1.82, 2.24) is 5.32 Å². The molecule has 3 aliphatic rings. The zero-order chi connectivity index (χ0) is 21.5.